The van der Waals surface area contributed by atoms with Gasteiger partial charge in [-0.3, -0.25) is 19.2 Å². The maximum absolute atomic E-state index is 13.4. The number of nitrogens with zero attached hydrogens (tertiary/aromatic N) is 2. The Hall–Kier alpha value is -3.05. The van der Waals surface area contributed by atoms with Crippen LogP contribution < -0.4 is 10.0 Å². The molecule has 1 saturated carbocycles. The van der Waals surface area contributed by atoms with Gasteiger partial charge in [0.25, 0.3) is 15.9 Å². The number of anilines is 1. The SMILES string of the molecule is O=C(CN1CCN(C(=O)c2ccc(NS(=O)(=O)c3ccc(F)c(F)c3)cc2)CC1)NC1CC1. The van der Waals surface area contributed by atoms with Gasteiger partial charge < -0.3 is 10.2 Å². The zero-order valence-electron chi connectivity index (χ0n) is 17.8. The van der Waals surface area contributed by atoms with Gasteiger partial charge in [0.15, 0.2) is 11.6 Å². The van der Waals surface area contributed by atoms with E-state index < -0.39 is 26.6 Å². The Morgan fingerprint density at radius 3 is 2.21 bits per heavy atom. The Labute approximate surface area is 190 Å². The fourth-order valence-corrected chi connectivity index (χ4v) is 4.60. The highest BCUT2D eigenvalue weighted by atomic mass is 32.2. The molecule has 2 amide bonds. The first-order valence-corrected chi connectivity index (χ1v) is 12.1. The molecule has 1 aliphatic heterocycles. The first kappa shape index (κ1) is 23.1. The zero-order valence-corrected chi connectivity index (χ0v) is 18.6. The summed E-state index contributed by atoms with van der Waals surface area (Å²) in [6, 6.07) is 8.50. The molecule has 2 aliphatic rings. The number of nitrogens with one attached hydrogen (secondary N) is 2. The molecule has 8 nitrogen and oxygen atoms in total. The van der Waals surface area contributed by atoms with Crippen LogP contribution in [0.25, 0.3) is 0 Å². The van der Waals surface area contributed by atoms with Gasteiger partial charge in [-0.25, -0.2) is 17.2 Å². The summed E-state index contributed by atoms with van der Waals surface area (Å²) in [5.74, 6) is -2.58. The Morgan fingerprint density at radius 1 is 0.939 bits per heavy atom. The van der Waals surface area contributed by atoms with Crippen molar-refractivity contribution >= 4 is 27.5 Å². The molecule has 0 aromatic heterocycles. The average molecular weight is 479 g/mol. The molecule has 4 rings (SSSR count). The van der Waals surface area contributed by atoms with E-state index in [2.05, 4.69) is 10.0 Å². The van der Waals surface area contributed by atoms with Gasteiger partial charge in [-0.2, -0.15) is 0 Å². The lowest BCUT2D eigenvalue weighted by molar-refractivity contribution is -0.122. The first-order valence-electron chi connectivity index (χ1n) is 10.6. The number of carbonyl (C=O) groups excluding carboxylic acids is 2. The number of halogens is 2. The second-order valence-corrected chi connectivity index (χ2v) is 9.85. The average Bonchev–Trinajstić information content (AvgIpc) is 3.60. The van der Waals surface area contributed by atoms with Crippen molar-refractivity contribution in [3.8, 4) is 0 Å². The highest BCUT2D eigenvalue weighted by Crippen LogP contribution is 2.20. The highest BCUT2D eigenvalue weighted by Gasteiger charge is 2.26. The Morgan fingerprint density at radius 2 is 1.61 bits per heavy atom. The van der Waals surface area contributed by atoms with Gasteiger partial charge in [-0.1, -0.05) is 0 Å². The molecule has 0 spiro atoms. The summed E-state index contributed by atoms with van der Waals surface area (Å²) >= 11 is 0. The van der Waals surface area contributed by atoms with Crippen LogP contribution in [0, 0.1) is 11.6 Å². The van der Waals surface area contributed by atoms with Crippen molar-refractivity contribution in [3.05, 3.63) is 59.7 Å². The van der Waals surface area contributed by atoms with E-state index >= 15 is 0 Å². The molecule has 0 radical (unpaired) electrons. The smallest absolute Gasteiger partial charge is 0.261 e. The standard InChI is InChI=1S/C22H24F2N4O4S/c23-19-8-7-18(13-20(19)24)33(31,32)26-17-3-1-15(2-4-17)22(30)28-11-9-27(10-12-28)14-21(29)25-16-5-6-16/h1-4,7-8,13,16,26H,5-6,9-12,14H2,(H,25,29). The predicted molar refractivity (Wildman–Crippen MR) is 117 cm³/mol. The summed E-state index contributed by atoms with van der Waals surface area (Å²) < 4.78 is 53.5. The van der Waals surface area contributed by atoms with Gasteiger partial charge in [0, 0.05) is 43.5 Å². The molecule has 0 bridgehead atoms. The third-order valence-corrected chi connectivity index (χ3v) is 6.93. The van der Waals surface area contributed by atoms with Crippen molar-refractivity contribution in [2.24, 2.45) is 0 Å². The summed E-state index contributed by atoms with van der Waals surface area (Å²) in [4.78, 5) is 28.0. The van der Waals surface area contributed by atoms with Crippen molar-refractivity contribution < 1.29 is 26.8 Å². The molecule has 11 heteroatoms. The molecule has 33 heavy (non-hydrogen) atoms. The minimum absolute atomic E-state index is 0.0127. The molecule has 2 aromatic carbocycles. The van der Waals surface area contributed by atoms with E-state index in [1.807, 2.05) is 4.90 Å². The molecule has 1 heterocycles. The zero-order chi connectivity index (χ0) is 23.6. The number of sulfonamides is 1. The van der Waals surface area contributed by atoms with E-state index in [1.54, 1.807) is 4.90 Å². The maximum Gasteiger partial charge on any atom is 0.261 e. The number of amides is 2. The quantitative estimate of drug-likeness (QED) is 0.633. The second kappa shape index (κ2) is 9.44. The van der Waals surface area contributed by atoms with E-state index in [0.29, 0.717) is 50.4 Å². The Bertz CT molecular complexity index is 1150. The van der Waals surface area contributed by atoms with Crippen molar-refractivity contribution in [3.63, 3.8) is 0 Å². The third kappa shape index (κ3) is 5.85. The monoisotopic (exact) mass is 478 g/mol. The van der Waals surface area contributed by atoms with Gasteiger partial charge in [0.1, 0.15) is 0 Å². The molecule has 176 valence electrons. The molecular weight excluding hydrogens is 454 g/mol. The van der Waals surface area contributed by atoms with Gasteiger partial charge in [-0.15, -0.1) is 0 Å². The summed E-state index contributed by atoms with van der Waals surface area (Å²) in [6.45, 7) is 2.48. The minimum Gasteiger partial charge on any atom is -0.352 e. The Balaban J connectivity index is 1.31. The summed E-state index contributed by atoms with van der Waals surface area (Å²) in [7, 11) is -4.12. The van der Waals surface area contributed by atoms with Gasteiger partial charge in [0.05, 0.1) is 11.4 Å². The van der Waals surface area contributed by atoms with Gasteiger partial charge >= 0.3 is 0 Å². The number of benzene rings is 2. The lowest BCUT2D eigenvalue weighted by Gasteiger charge is -2.34. The fraction of sp³-hybridized carbons (Fsp3) is 0.364. The molecule has 2 aromatic rings. The minimum atomic E-state index is -4.12. The largest absolute Gasteiger partial charge is 0.352 e. The normalized spacial score (nSPS) is 17.0. The van der Waals surface area contributed by atoms with Crippen molar-refractivity contribution in [1.29, 1.82) is 0 Å². The number of rotatable bonds is 7. The van der Waals surface area contributed by atoms with Crippen LogP contribution in [0.3, 0.4) is 0 Å². The highest BCUT2D eigenvalue weighted by molar-refractivity contribution is 7.92. The summed E-state index contributed by atoms with van der Waals surface area (Å²) in [5.41, 5.74) is 0.577. The van der Waals surface area contributed by atoms with E-state index in [0.717, 1.165) is 25.0 Å². The third-order valence-electron chi connectivity index (χ3n) is 5.55. The van der Waals surface area contributed by atoms with Crippen molar-refractivity contribution in [2.75, 3.05) is 37.4 Å². The molecule has 2 fully saturated rings. The van der Waals surface area contributed by atoms with E-state index in [1.165, 1.54) is 24.3 Å². The molecule has 1 aliphatic carbocycles. The topological polar surface area (TPSA) is 98.8 Å². The van der Waals surface area contributed by atoms with Crippen LogP contribution in [0.1, 0.15) is 23.2 Å². The first-order chi connectivity index (χ1) is 15.7. The molecule has 0 atom stereocenters. The fourth-order valence-electron chi connectivity index (χ4n) is 3.53. The van der Waals surface area contributed by atoms with Crippen LogP contribution in [0.2, 0.25) is 0 Å². The van der Waals surface area contributed by atoms with Crippen LogP contribution in [0.5, 0.6) is 0 Å². The van der Waals surface area contributed by atoms with Crippen molar-refractivity contribution in [1.82, 2.24) is 15.1 Å². The summed E-state index contributed by atoms with van der Waals surface area (Å²) in [5, 5.41) is 2.95. The van der Waals surface area contributed by atoms with E-state index in [4.69, 9.17) is 0 Å². The molecular formula is C22H24F2N4O4S. The number of hydrogen-bond donors (Lipinski definition) is 2. The van der Waals surface area contributed by atoms with Crippen LogP contribution in [-0.4, -0.2) is 68.8 Å². The van der Waals surface area contributed by atoms with Crippen LogP contribution in [-0.2, 0) is 14.8 Å². The number of hydrogen-bond acceptors (Lipinski definition) is 5. The maximum atomic E-state index is 13.4. The molecule has 1 saturated heterocycles. The van der Waals surface area contributed by atoms with Crippen LogP contribution >= 0.6 is 0 Å². The van der Waals surface area contributed by atoms with E-state index in [-0.39, 0.29) is 17.5 Å². The number of carbonyl (C=O) groups is 2. The van der Waals surface area contributed by atoms with E-state index in [9.17, 15) is 26.8 Å². The van der Waals surface area contributed by atoms with Gasteiger partial charge in [-0.05, 0) is 55.3 Å². The van der Waals surface area contributed by atoms with Gasteiger partial charge in [0.2, 0.25) is 5.91 Å². The lowest BCUT2D eigenvalue weighted by Crippen LogP contribution is -2.51. The van der Waals surface area contributed by atoms with Crippen molar-refractivity contribution in [2.45, 2.75) is 23.8 Å². The molecule has 2 N–H and O–H groups in total. The Kier molecular flexibility index (Phi) is 6.61. The molecule has 0 unspecified atom stereocenters. The lowest BCUT2D eigenvalue weighted by atomic mass is 10.1. The van der Waals surface area contributed by atoms with Crippen LogP contribution in [0.15, 0.2) is 47.4 Å². The second-order valence-electron chi connectivity index (χ2n) is 8.17. The predicted octanol–water partition coefficient (Wildman–Crippen LogP) is 1.80. The van der Waals surface area contributed by atoms with Crippen LogP contribution in [0.4, 0.5) is 14.5 Å². The summed E-state index contributed by atoms with van der Waals surface area (Å²) in [6.07, 6.45) is 2.08. The number of piperazine rings is 1.